The third-order valence-corrected chi connectivity index (χ3v) is 6.21. The maximum Gasteiger partial charge on any atom is 0.338 e. The quantitative estimate of drug-likeness (QED) is 0.445. The topological polar surface area (TPSA) is 88.7 Å². The summed E-state index contributed by atoms with van der Waals surface area (Å²) in [6.07, 6.45) is 1.72. The van der Waals surface area contributed by atoms with Crippen molar-refractivity contribution < 1.29 is 19.1 Å². The van der Waals surface area contributed by atoms with Gasteiger partial charge in [0, 0.05) is 30.5 Å². The highest BCUT2D eigenvalue weighted by molar-refractivity contribution is 7.80. The maximum absolute atomic E-state index is 12.5. The van der Waals surface area contributed by atoms with Gasteiger partial charge >= 0.3 is 5.97 Å². The normalized spacial score (nSPS) is 21.3. The van der Waals surface area contributed by atoms with Crippen LogP contribution in [0.3, 0.4) is 0 Å². The number of methoxy groups -OCH3 is 1. The van der Waals surface area contributed by atoms with Gasteiger partial charge in [0.25, 0.3) is 0 Å². The molecule has 0 spiro atoms. The van der Waals surface area contributed by atoms with Gasteiger partial charge in [0.1, 0.15) is 11.9 Å². The van der Waals surface area contributed by atoms with E-state index in [1.54, 1.807) is 6.07 Å². The van der Waals surface area contributed by atoms with Gasteiger partial charge in [-0.3, -0.25) is 4.79 Å². The van der Waals surface area contributed by atoms with E-state index in [0.29, 0.717) is 30.1 Å². The first-order valence-electron chi connectivity index (χ1n) is 11.2. The fourth-order valence-electron chi connectivity index (χ4n) is 4.57. The molecule has 2 aliphatic heterocycles. The number of fused-ring (bicyclic) bond motifs is 1. The summed E-state index contributed by atoms with van der Waals surface area (Å²) >= 11 is 5.20. The van der Waals surface area contributed by atoms with Crippen LogP contribution in [0.1, 0.15) is 41.3 Å². The summed E-state index contributed by atoms with van der Waals surface area (Å²) in [4.78, 5) is 24.8. The van der Waals surface area contributed by atoms with Crippen LogP contribution in [0, 0.1) is 6.92 Å². The molecular weight excluding hydrogens is 438 g/mol. The molecule has 2 aliphatic rings. The number of aryl methyl sites for hydroxylation is 1. The Bertz CT molecular complexity index is 1090. The second-order valence-electron chi connectivity index (χ2n) is 8.74. The summed E-state index contributed by atoms with van der Waals surface area (Å²) in [5, 5.41) is 9.91. The smallest absolute Gasteiger partial charge is 0.338 e. The number of hydrogen-bond donors (Lipinski definition) is 3. The van der Waals surface area contributed by atoms with Crippen molar-refractivity contribution in [1.29, 1.82) is 0 Å². The average molecular weight is 468 g/mol. The molecule has 4 rings (SSSR count). The van der Waals surface area contributed by atoms with E-state index in [0.717, 1.165) is 34.4 Å². The second-order valence-corrected chi connectivity index (χ2v) is 9.15. The fourth-order valence-corrected chi connectivity index (χ4v) is 4.93. The van der Waals surface area contributed by atoms with Crippen molar-refractivity contribution in [2.75, 3.05) is 13.7 Å². The molecule has 33 heavy (non-hydrogen) atoms. The first-order chi connectivity index (χ1) is 15.8. The van der Waals surface area contributed by atoms with Crippen molar-refractivity contribution in [3.8, 4) is 16.9 Å². The third-order valence-electron chi connectivity index (χ3n) is 5.97. The number of thiocarbonyl (C=S) groups is 1. The molecule has 0 saturated carbocycles. The van der Waals surface area contributed by atoms with Crippen LogP contribution in [0.25, 0.3) is 11.1 Å². The minimum Gasteiger partial charge on any atom is -0.487 e. The predicted molar refractivity (Wildman–Crippen MR) is 130 cm³/mol. The van der Waals surface area contributed by atoms with Gasteiger partial charge in [0.15, 0.2) is 5.11 Å². The Kier molecular flexibility index (Phi) is 6.83. The molecule has 2 aromatic carbocycles. The third kappa shape index (κ3) is 5.27. The van der Waals surface area contributed by atoms with Gasteiger partial charge in [-0.2, -0.15) is 0 Å². The minimum atomic E-state index is -0.386. The number of nitrogens with one attached hydrogen (secondary N) is 3. The second kappa shape index (κ2) is 9.79. The summed E-state index contributed by atoms with van der Waals surface area (Å²) in [5.41, 5.74) is 4.29. The molecule has 3 atom stereocenters. The van der Waals surface area contributed by atoms with E-state index >= 15 is 0 Å². The number of amides is 1. The summed E-state index contributed by atoms with van der Waals surface area (Å²) in [5.74, 6) is 0.342. The summed E-state index contributed by atoms with van der Waals surface area (Å²) in [6, 6.07) is 11.8. The van der Waals surface area contributed by atoms with E-state index in [2.05, 4.69) is 28.9 Å². The average Bonchev–Trinajstić information content (AvgIpc) is 3.18. The van der Waals surface area contributed by atoms with Crippen LogP contribution in [0.2, 0.25) is 0 Å². The SMILES string of the molecule is COC(=O)c1ccccc1-c1cc(C)cc2c1O[C@@H](CNC(=O)C[C@@H]1C[C@@H](C)NC(=S)N1)C2. The maximum atomic E-state index is 12.5. The van der Waals surface area contributed by atoms with Crippen molar-refractivity contribution in [2.45, 2.75) is 51.3 Å². The number of rotatable bonds is 6. The molecule has 174 valence electrons. The fraction of sp³-hybridized carbons (Fsp3) is 0.400. The van der Waals surface area contributed by atoms with E-state index in [4.69, 9.17) is 21.7 Å². The summed E-state index contributed by atoms with van der Waals surface area (Å²) in [7, 11) is 1.38. The number of benzene rings is 2. The summed E-state index contributed by atoms with van der Waals surface area (Å²) in [6.45, 7) is 4.49. The van der Waals surface area contributed by atoms with E-state index < -0.39 is 0 Å². The van der Waals surface area contributed by atoms with Crippen LogP contribution in [-0.4, -0.2) is 48.8 Å². The minimum absolute atomic E-state index is 0.0273. The molecule has 0 bridgehead atoms. The molecule has 1 fully saturated rings. The molecule has 7 nitrogen and oxygen atoms in total. The first kappa shape index (κ1) is 23.0. The Hall–Kier alpha value is -3.13. The molecule has 1 amide bonds. The van der Waals surface area contributed by atoms with Gasteiger partial charge in [-0.05, 0) is 61.3 Å². The molecule has 0 unspecified atom stereocenters. The van der Waals surface area contributed by atoms with Gasteiger partial charge in [0.2, 0.25) is 5.91 Å². The van der Waals surface area contributed by atoms with Gasteiger partial charge in [0.05, 0.1) is 19.2 Å². The number of ether oxygens (including phenoxy) is 2. The highest BCUT2D eigenvalue weighted by Gasteiger charge is 2.29. The molecule has 0 aliphatic carbocycles. The lowest BCUT2D eigenvalue weighted by Crippen LogP contribution is -2.54. The lowest BCUT2D eigenvalue weighted by molar-refractivity contribution is -0.121. The zero-order valence-corrected chi connectivity index (χ0v) is 19.9. The van der Waals surface area contributed by atoms with Crippen LogP contribution in [0.5, 0.6) is 5.75 Å². The van der Waals surface area contributed by atoms with Gasteiger partial charge in [-0.15, -0.1) is 0 Å². The lowest BCUT2D eigenvalue weighted by atomic mass is 9.94. The monoisotopic (exact) mass is 467 g/mol. The van der Waals surface area contributed by atoms with Crippen LogP contribution >= 0.6 is 12.2 Å². The van der Waals surface area contributed by atoms with Crippen molar-refractivity contribution in [3.05, 3.63) is 53.1 Å². The Morgan fingerprint density at radius 1 is 1.21 bits per heavy atom. The predicted octanol–water partition coefficient (Wildman–Crippen LogP) is 2.88. The lowest BCUT2D eigenvalue weighted by Gasteiger charge is -2.30. The first-order valence-corrected chi connectivity index (χ1v) is 11.6. The molecule has 3 N–H and O–H groups in total. The molecule has 0 radical (unpaired) electrons. The van der Waals surface area contributed by atoms with Crippen LogP contribution in [-0.2, 0) is 16.0 Å². The number of hydrogen-bond acceptors (Lipinski definition) is 5. The molecular formula is C25H29N3O4S. The van der Waals surface area contributed by atoms with Crippen molar-refractivity contribution >= 4 is 29.2 Å². The highest BCUT2D eigenvalue weighted by Crippen LogP contribution is 2.41. The zero-order valence-electron chi connectivity index (χ0n) is 19.1. The number of carbonyl (C=O) groups is 2. The number of esters is 1. The van der Waals surface area contributed by atoms with Crippen LogP contribution in [0.15, 0.2) is 36.4 Å². The van der Waals surface area contributed by atoms with Gasteiger partial charge < -0.3 is 25.4 Å². The highest BCUT2D eigenvalue weighted by atomic mass is 32.1. The Morgan fingerprint density at radius 3 is 2.76 bits per heavy atom. The molecule has 1 saturated heterocycles. The molecule has 0 aromatic heterocycles. The van der Waals surface area contributed by atoms with Gasteiger partial charge in [-0.25, -0.2) is 4.79 Å². The number of carbonyl (C=O) groups excluding carboxylic acids is 2. The largest absolute Gasteiger partial charge is 0.487 e. The van der Waals surface area contributed by atoms with Crippen LogP contribution in [0.4, 0.5) is 0 Å². The Balaban J connectivity index is 1.44. The van der Waals surface area contributed by atoms with Crippen molar-refractivity contribution in [3.63, 3.8) is 0 Å². The summed E-state index contributed by atoms with van der Waals surface area (Å²) < 4.78 is 11.2. The Labute approximate surface area is 199 Å². The standard InChI is InChI=1S/C25H29N3O4S/c1-14-8-16-11-18(13-26-22(29)12-17-10-15(2)27-25(33)28-17)32-23(16)21(9-14)19-6-4-5-7-20(19)24(30)31-3/h4-9,15,17-18H,10-13H2,1-3H3,(H,26,29)(H2,27,28,33)/t15-,17+,18-/m1/s1. The van der Waals surface area contributed by atoms with Crippen molar-refractivity contribution in [2.24, 2.45) is 0 Å². The molecule has 2 aromatic rings. The van der Waals surface area contributed by atoms with E-state index in [-0.39, 0.29) is 30.1 Å². The Morgan fingerprint density at radius 2 is 2.00 bits per heavy atom. The molecule has 8 heteroatoms. The zero-order chi connectivity index (χ0) is 23.5. The van der Waals surface area contributed by atoms with Crippen LogP contribution < -0.4 is 20.7 Å². The van der Waals surface area contributed by atoms with E-state index in [9.17, 15) is 9.59 Å². The van der Waals surface area contributed by atoms with E-state index in [1.807, 2.05) is 31.2 Å². The van der Waals surface area contributed by atoms with Gasteiger partial charge in [-0.1, -0.05) is 24.3 Å². The van der Waals surface area contributed by atoms with Crippen molar-refractivity contribution in [1.82, 2.24) is 16.0 Å². The van der Waals surface area contributed by atoms with E-state index in [1.165, 1.54) is 7.11 Å². The molecule has 2 heterocycles.